The molecule has 4 rings (SSSR count). The molecule has 2 aliphatic rings. The fourth-order valence-electron chi connectivity index (χ4n) is 4.59. The molecule has 1 N–H and O–H groups in total. The van der Waals surface area contributed by atoms with E-state index < -0.39 is 0 Å². The van der Waals surface area contributed by atoms with Crippen molar-refractivity contribution in [2.75, 3.05) is 18.4 Å². The molecule has 0 saturated carbocycles. The van der Waals surface area contributed by atoms with Gasteiger partial charge in [0.05, 0.1) is 12.2 Å². The molecule has 1 amide bonds. The quantitative estimate of drug-likeness (QED) is 0.849. The van der Waals surface area contributed by atoms with Crippen LogP contribution < -0.4 is 5.32 Å². The van der Waals surface area contributed by atoms with Crippen LogP contribution >= 0.6 is 0 Å². The average molecular weight is 398 g/mol. The monoisotopic (exact) mass is 397 g/mol. The minimum atomic E-state index is -0.156. The van der Waals surface area contributed by atoms with Crippen LogP contribution in [0.15, 0.2) is 16.9 Å². The molecule has 1 saturated heterocycles. The van der Waals surface area contributed by atoms with Gasteiger partial charge in [-0.2, -0.15) is 0 Å². The minimum Gasteiger partial charge on any atom is -0.364 e. The molecule has 1 atom stereocenters. The van der Waals surface area contributed by atoms with Crippen LogP contribution in [0.5, 0.6) is 0 Å². The number of hydrogen-bond acceptors (Lipinski definition) is 6. The molecule has 0 radical (unpaired) electrons. The summed E-state index contributed by atoms with van der Waals surface area (Å²) in [4.78, 5) is 24.5. The Labute approximate surface area is 172 Å². The minimum absolute atomic E-state index is 0.0499. The zero-order chi connectivity index (χ0) is 20.6. The molecule has 2 aromatic heterocycles. The summed E-state index contributed by atoms with van der Waals surface area (Å²) in [6.45, 7) is 10.6. The van der Waals surface area contributed by atoms with Crippen LogP contribution in [0.1, 0.15) is 76.2 Å². The summed E-state index contributed by atoms with van der Waals surface area (Å²) in [5.74, 6) is 1.99. The number of aromatic nitrogens is 3. The van der Waals surface area contributed by atoms with Crippen LogP contribution in [-0.2, 0) is 28.6 Å². The molecule has 1 unspecified atom stereocenters. The van der Waals surface area contributed by atoms with Gasteiger partial charge in [-0.05, 0) is 25.7 Å². The molecule has 1 aliphatic heterocycles. The van der Waals surface area contributed by atoms with E-state index in [1.807, 2.05) is 17.9 Å². The molecule has 1 spiro atoms. The van der Waals surface area contributed by atoms with Crippen LogP contribution in [0.3, 0.4) is 0 Å². The fraction of sp³-hybridized carbons (Fsp3) is 0.636. The molecule has 3 heterocycles. The summed E-state index contributed by atoms with van der Waals surface area (Å²) >= 11 is 0. The Kier molecular flexibility index (Phi) is 5.09. The van der Waals surface area contributed by atoms with Gasteiger partial charge in [0.15, 0.2) is 0 Å². The number of nitrogens with one attached hydrogen (secondary N) is 1. The molecular weight excluding hydrogens is 366 g/mol. The Morgan fingerprint density at radius 2 is 2.14 bits per heavy atom. The molecule has 0 aromatic carbocycles. The lowest BCUT2D eigenvalue weighted by Crippen LogP contribution is -2.48. The van der Waals surface area contributed by atoms with Crippen molar-refractivity contribution in [3.05, 3.63) is 35.1 Å². The van der Waals surface area contributed by atoms with Crippen molar-refractivity contribution in [1.29, 1.82) is 0 Å². The predicted octanol–water partition coefficient (Wildman–Crippen LogP) is 3.59. The van der Waals surface area contributed by atoms with Crippen molar-refractivity contribution in [1.82, 2.24) is 20.0 Å². The smallest absolute Gasteiger partial charge is 0.222 e. The third-order valence-corrected chi connectivity index (χ3v) is 6.19. The molecule has 7 heteroatoms. The van der Waals surface area contributed by atoms with Gasteiger partial charge in [-0.3, -0.25) is 4.79 Å². The van der Waals surface area contributed by atoms with E-state index >= 15 is 0 Å². The number of piperidine rings is 1. The van der Waals surface area contributed by atoms with Gasteiger partial charge in [-0.25, -0.2) is 9.97 Å². The molecule has 1 aliphatic carbocycles. The van der Waals surface area contributed by atoms with Crippen LogP contribution in [0.25, 0.3) is 0 Å². The summed E-state index contributed by atoms with van der Waals surface area (Å²) in [5.41, 5.74) is 2.99. The first-order valence-electron chi connectivity index (χ1n) is 10.7. The number of nitrogens with zero attached hydrogens (tertiary/aromatic N) is 4. The summed E-state index contributed by atoms with van der Waals surface area (Å²) in [7, 11) is 0. The summed E-state index contributed by atoms with van der Waals surface area (Å²) in [5, 5.41) is 7.47. The highest BCUT2D eigenvalue weighted by Gasteiger charge is 2.46. The Bertz CT molecular complexity index is 887. The number of anilines is 1. The first kappa shape index (κ1) is 19.9. The van der Waals surface area contributed by atoms with Crippen LogP contribution in [0.2, 0.25) is 0 Å². The van der Waals surface area contributed by atoms with E-state index in [0.29, 0.717) is 13.0 Å². The second kappa shape index (κ2) is 7.43. The lowest BCUT2D eigenvalue weighted by Gasteiger charge is -2.40. The van der Waals surface area contributed by atoms with Crippen LogP contribution in [0.4, 0.5) is 5.82 Å². The highest BCUT2D eigenvalue weighted by atomic mass is 16.5. The SMILES string of the molecule is CCC(=O)N1CCCC2(CCc3c(NCc4ccon4)nc(C(C)(C)C)nc32)C1. The van der Waals surface area contributed by atoms with Gasteiger partial charge in [-0.1, -0.05) is 32.9 Å². The third-order valence-electron chi connectivity index (χ3n) is 6.19. The summed E-state index contributed by atoms with van der Waals surface area (Å²) in [6.07, 6.45) is 6.22. The van der Waals surface area contributed by atoms with Crippen molar-refractivity contribution in [2.24, 2.45) is 0 Å². The first-order valence-corrected chi connectivity index (χ1v) is 10.7. The van der Waals surface area contributed by atoms with Gasteiger partial charge >= 0.3 is 0 Å². The van der Waals surface area contributed by atoms with Gasteiger partial charge in [0, 0.05) is 42.0 Å². The van der Waals surface area contributed by atoms with Crippen LogP contribution in [-0.4, -0.2) is 39.0 Å². The Morgan fingerprint density at radius 3 is 2.83 bits per heavy atom. The van der Waals surface area contributed by atoms with E-state index in [4.69, 9.17) is 14.5 Å². The van der Waals surface area contributed by atoms with Crippen molar-refractivity contribution in [3.63, 3.8) is 0 Å². The highest BCUT2D eigenvalue weighted by molar-refractivity contribution is 5.76. The lowest BCUT2D eigenvalue weighted by atomic mass is 9.77. The van der Waals surface area contributed by atoms with Crippen molar-refractivity contribution < 1.29 is 9.32 Å². The Hall–Kier alpha value is -2.44. The standard InChI is InChI=1S/C22H31N5O2/c1-5-17(28)27-11-6-9-22(14-27)10-7-16-18(22)24-20(21(2,3)4)25-19(16)23-13-15-8-12-29-26-15/h8,12H,5-7,9-11,13-14H2,1-4H3,(H,23,24,25). The third kappa shape index (κ3) is 3.74. The maximum Gasteiger partial charge on any atom is 0.222 e. The van der Waals surface area contributed by atoms with Crippen molar-refractivity contribution in [2.45, 2.75) is 77.2 Å². The number of likely N-dealkylation sites (tertiary alicyclic amines) is 1. The Morgan fingerprint density at radius 1 is 1.31 bits per heavy atom. The molecule has 156 valence electrons. The van der Waals surface area contributed by atoms with E-state index in [9.17, 15) is 4.79 Å². The van der Waals surface area contributed by atoms with E-state index in [2.05, 4.69) is 31.2 Å². The highest BCUT2D eigenvalue weighted by Crippen LogP contribution is 2.46. The van der Waals surface area contributed by atoms with Crippen molar-refractivity contribution >= 4 is 11.7 Å². The summed E-state index contributed by atoms with van der Waals surface area (Å²) < 4.78 is 4.95. The first-order chi connectivity index (χ1) is 13.8. The topological polar surface area (TPSA) is 84.2 Å². The molecular formula is C22H31N5O2. The van der Waals surface area contributed by atoms with E-state index in [1.165, 1.54) is 5.56 Å². The molecule has 29 heavy (non-hydrogen) atoms. The van der Waals surface area contributed by atoms with Crippen molar-refractivity contribution in [3.8, 4) is 0 Å². The van der Waals surface area contributed by atoms with Gasteiger partial charge in [0.25, 0.3) is 0 Å². The van der Waals surface area contributed by atoms with Gasteiger partial charge in [-0.15, -0.1) is 0 Å². The predicted molar refractivity (Wildman–Crippen MR) is 111 cm³/mol. The van der Waals surface area contributed by atoms with Crippen LogP contribution in [0, 0.1) is 0 Å². The Balaban J connectivity index is 1.72. The normalized spacial score (nSPS) is 21.4. The second-order valence-electron chi connectivity index (χ2n) is 9.37. The van der Waals surface area contributed by atoms with Gasteiger partial charge in [0.2, 0.25) is 5.91 Å². The molecule has 0 bridgehead atoms. The number of carbonyl (C=O) groups is 1. The number of amides is 1. The van der Waals surface area contributed by atoms with E-state index in [0.717, 1.165) is 61.8 Å². The fourth-order valence-corrected chi connectivity index (χ4v) is 4.59. The lowest BCUT2D eigenvalue weighted by molar-refractivity contribution is -0.133. The van der Waals surface area contributed by atoms with E-state index in [-0.39, 0.29) is 16.7 Å². The maximum atomic E-state index is 12.4. The molecule has 2 aromatic rings. The number of carbonyl (C=O) groups excluding carboxylic acids is 1. The number of fused-ring (bicyclic) bond motifs is 2. The van der Waals surface area contributed by atoms with Gasteiger partial charge < -0.3 is 14.7 Å². The molecule has 7 nitrogen and oxygen atoms in total. The number of hydrogen-bond donors (Lipinski definition) is 1. The second-order valence-corrected chi connectivity index (χ2v) is 9.37. The summed E-state index contributed by atoms with van der Waals surface area (Å²) in [6, 6.07) is 1.86. The zero-order valence-electron chi connectivity index (χ0n) is 17.9. The van der Waals surface area contributed by atoms with Gasteiger partial charge in [0.1, 0.15) is 23.6 Å². The maximum absolute atomic E-state index is 12.4. The molecule has 1 fully saturated rings. The van der Waals surface area contributed by atoms with E-state index in [1.54, 1.807) is 6.26 Å². The zero-order valence-corrected chi connectivity index (χ0v) is 17.9. The largest absolute Gasteiger partial charge is 0.364 e. The average Bonchev–Trinajstić information content (AvgIpc) is 3.34. The number of rotatable bonds is 4.